The van der Waals surface area contributed by atoms with Gasteiger partial charge in [-0.1, -0.05) is 127 Å². The van der Waals surface area contributed by atoms with Crippen LogP contribution in [0.2, 0.25) is 0 Å². The number of rotatable bonds is 4. The number of benzene rings is 9. The van der Waals surface area contributed by atoms with Crippen molar-refractivity contribution in [2.45, 2.75) is 0 Å². The van der Waals surface area contributed by atoms with Crippen molar-refractivity contribution < 1.29 is 4.42 Å². The van der Waals surface area contributed by atoms with Crippen molar-refractivity contribution >= 4 is 85.8 Å². The Kier molecular flexibility index (Phi) is 6.76. The van der Waals surface area contributed by atoms with Crippen LogP contribution >= 0.6 is 11.3 Å². The summed E-state index contributed by atoms with van der Waals surface area (Å²) in [6.45, 7) is 0. The second-order valence-corrected chi connectivity index (χ2v) is 15.5. The fraction of sp³-hybridized carbons (Fsp3) is 0. The first-order valence-electron chi connectivity index (χ1n) is 18.8. The summed E-state index contributed by atoms with van der Waals surface area (Å²) in [5.74, 6) is 1.83. The fourth-order valence-corrected chi connectivity index (χ4v) is 9.44. The van der Waals surface area contributed by atoms with E-state index in [0.29, 0.717) is 17.5 Å². The molecular formula is C51H29N3OS. The predicted molar refractivity (Wildman–Crippen MR) is 234 cm³/mol. The first-order chi connectivity index (χ1) is 27.7. The van der Waals surface area contributed by atoms with Gasteiger partial charge in [0.2, 0.25) is 0 Å². The van der Waals surface area contributed by atoms with E-state index >= 15 is 0 Å². The summed E-state index contributed by atoms with van der Waals surface area (Å²) in [6, 6.07) is 62.1. The molecule has 56 heavy (non-hydrogen) atoms. The van der Waals surface area contributed by atoms with E-state index in [1.54, 1.807) is 0 Å². The minimum Gasteiger partial charge on any atom is -0.455 e. The topological polar surface area (TPSA) is 51.8 Å². The molecular weight excluding hydrogens is 703 g/mol. The smallest absolute Gasteiger partial charge is 0.164 e. The van der Waals surface area contributed by atoms with Gasteiger partial charge < -0.3 is 4.42 Å². The van der Waals surface area contributed by atoms with E-state index in [2.05, 4.69) is 158 Å². The molecule has 0 amide bonds. The molecule has 0 aliphatic carbocycles. The molecule has 0 aliphatic rings. The second-order valence-electron chi connectivity index (χ2n) is 14.4. The van der Waals surface area contributed by atoms with Crippen LogP contribution in [0, 0.1) is 0 Å². The number of furan rings is 1. The number of thiophene rings is 1. The molecule has 0 fully saturated rings. The molecule has 3 heterocycles. The van der Waals surface area contributed by atoms with Crippen LogP contribution in [0.1, 0.15) is 0 Å². The molecule has 0 N–H and O–H groups in total. The number of fused-ring (bicyclic) bond motifs is 10. The molecule has 5 heteroatoms. The highest BCUT2D eigenvalue weighted by Crippen LogP contribution is 2.44. The van der Waals surface area contributed by atoms with Crippen molar-refractivity contribution in [1.29, 1.82) is 0 Å². The normalized spacial score (nSPS) is 11.9. The van der Waals surface area contributed by atoms with Crippen LogP contribution in [0.15, 0.2) is 180 Å². The van der Waals surface area contributed by atoms with Crippen molar-refractivity contribution in [2.24, 2.45) is 0 Å². The van der Waals surface area contributed by atoms with E-state index in [0.717, 1.165) is 60.5 Å². The Balaban J connectivity index is 1.13. The third kappa shape index (κ3) is 4.88. The standard InChI is InChI=1S/C51H29N3OS/c1-2-11-32(12-3-1)49-52-50(36-21-20-31-19-18-30-10-6-7-15-37(30)41(31)28-36)54-51(53-49)40-24-23-38(35-22-25-46-42(27-35)39-16-8-9-17-45(39)56-46)48-47(40)43-26-33-13-4-5-14-34(33)29-44(43)55-48/h1-29H. The van der Waals surface area contributed by atoms with Crippen molar-refractivity contribution in [3.63, 3.8) is 0 Å². The molecule has 0 bridgehead atoms. The van der Waals surface area contributed by atoms with Crippen molar-refractivity contribution in [3.05, 3.63) is 176 Å². The number of hydrogen-bond acceptors (Lipinski definition) is 5. The lowest BCUT2D eigenvalue weighted by Crippen LogP contribution is -2.00. The van der Waals surface area contributed by atoms with Crippen LogP contribution < -0.4 is 0 Å². The maximum absolute atomic E-state index is 6.94. The second kappa shape index (κ2) is 12.2. The Morgan fingerprint density at radius 1 is 0.357 bits per heavy atom. The van der Waals surface area contributed by atoms with Crippen LogP contribution in [0.25, 0.3) is 120 Å². The molecule has 9 aromatic carbocycles. The summed E-state index contributed by atoms with van der Waals surface area (Å²) in [4.78, 5) is 15.6. The molecule has 0 saturated heterocycles. The largest absolute Gasteiger partial charge is 0.455 e. The first-order valence-corrected chi connectivity index (χ1v) is 19.6. The lowest BCUT2D eigenvalue weighted by molar-refractivity contribution is 0.670. The van der Waals surface area contributed by atoms with Gasteiger partial charge in [0, 0.05) is 53.2 Å². The van der Waals surface area contributed by atoms with Crippen molar-refractivity contribution in [2.75, 3.05) is 0 Å². The third-order valence-corrected chi connectivity index (χ3v) is 12.2. The average molecular weight is 732 g/mol. The minimum absolute atomic E-state index is 0.596. The maximum Gasteiger partial charge on any atom is 0.164 e. The Labute approximate surface area is 325 Å². The molecule has 0 spiro atoms. The Hall–Kier alpha value is -7.21. The van der Waals surface area contributed by atoms with Gasteiger partial charge in [0.25, 0.3) is 0 Å². The van der Waals surface area contributed by atoms with Crippen LogP contribution in [-0.2, 0) is 0 Å². The Bertz CT molecular complexity index is 3550. The van der Waals surface area contributed by atoms with Crippen LogP contribution in [0.3, 0.4) is 0 Å². The minimum atomic E-state index is 0.596. The molecule has 0 saturated carbocycles. The van der Waals surface area contributed by atoms with Gasteiger partial charge in [0.05, 0.1) is 0 Å². The van der Waals surface area contributed by atoms with Gasteiger partial charge in [-0.2, -0.15) is 0 Å². The zero-order valence-electron chi connectivity index (χ0n) is 29.9. The summed E-state index contributed by atoms with van der Waals surface area (Å²) in [5.41, 5.74) is 6.52. The van der Waals surface area contributed by atoms with Crippen molar-refractivity contribution in [3.8, 4) is 45.3 Å². The predicted octanol–water partition coefficient (Wildman–Crippen LogP) is 14.3. The third-order valence-electron chi connectivity index (χ3n) is 11.1. The van der Waals surface area contributed by atoms with E-state index in [-0.39, 0.29) is 0 Å². The highest BCUT2D eigenvalue weighted by molar-refractivity contribution is 7.25. The zero-order chi connectivity index (χ0) is 36.7. The molecule has 3 aromatic heterocycles. The Morgan fingerprint density at radius 3 is 1.82 bits per heavy atom. The number of aromatic nitrogens is 3. The highest BCUT2D eigenvalue weighted by atomic mass is 32.1. The molecule has 4 nitrogen and oxygen atoms in total. The molecule has 260 valence electrons. The lowest BCUT2D eigenvalue weighted by Gasteiger charge is -2.12. The average Bonchev–Trinajstić information content (AvgIpc) is 3.83. The summed E-state index contributed by atoms with van der Waals surface area (Å²) in [5, 5.41) is 11.6. The monoisotopic (exact) mass is 731 g/mol. The fourth-order valence-electron chi connectivity index (χ4n) is 8.36. The highest BCUT2D eigenvalue weighted by Gasteiger charge is 2.22. The number of hydrogen-bond donors (Lipinski definition) is 0. The summed E-state index contributed by atoms with van der Waals surface area (Å²) < 4.78 is 9.50. The zero-order valence-corrected chi connectivity index (χ0v) is 30.7. The first kappa shape index (κ1) is 31.2. The molecule has 0 unspecified atom stereocenters. The van der Waals surface area contributed by atoms with E-state index in [4.69, 9.17) is 19.4 Å². The SMILES string of the molecule is c1ccc(-c2nc(-c3ccc4ccc5ccccc5c4c3)nc(-c3ccc(-c4ccc5sc6ccccc6c5c4)c4oc5cc6ccccc6cc5c34)n2)cc1. The summed E-state index contributed by atoms with van der Waals surface area (Å²) in [6.07, 6.45) is 0. The maximum atomic E-state index is 6.94. The van der Waals surface area contributed by atoms with Crippen molar-refractivity contribution in [1.82, 2.24) is 15.0 Å². The van der Waals surface area contributed by atoms with E-state index < -0.39 is 0 Å². The van der Waals surface area contributed by atoms with E-state index in [1.165, 1.54) is 41.7 Å². The molecule has 0 aliphatic heterocycles. The quantitative estimate of drug-likeness (QED) is 0.169. The molecule has 0 atom stereocenters. The molecule has 12 aromatic rings. The number of nitrogens with zero attached hydrogens (tertiary/aromatic N) is 3. The van der Waals surface area contributed by atoms with Gasteiger partial charge in [0.1, 0.15) is 11.2 Å². The van der Waals surface area contributed by atoms with Gasteiger partial charge in [-0.3, -0.25) is 0 Å². The van der Waals surface area contributed by atoms with E-state index in [9.17, 15) is 0 Å². The van der Waals surface area contributed by atoms with E-state index in [1.807, 2.05) is 29.5 Å². The summed E-state index contributed by atoms with van der Waals surface area (Å²) in [7, 11) is 0. The molecule has 0 radical (unpaired) electrons. The van der Waals surface area contributed by atoms with Crippen LogP contribution in [0.5, 0.6) is 0 Å². The van der Waals surface area contributed by atoms with Crippen LogP contribution in [0.4, 0.5) is 0 Å². The van der Waals surface area contributed by atoms with Gasteiger partial charge in [-0.05, 0) is 86.4 Å². The van der Waals surface area contributed by atoms with Gasteiger partial charge in [0.15, 0.2) is 17.5 Å². The lowest BCUT2D eigenvalue weighted by atomic mass is 9.96. The van der Waals surface area contributed by atoms with Gasteiger partial charge >= 0.3 is 0 Å². The van der Waals surface area contributed by atoms with Crippen LogP contribution in [-0.4, -0.2) is 15.0 Å². The van der Waals surface area contributed by atoms with Gasteiger partial charge in [-0.25, -0.2) is 15.0 Å². The molecule has 12 rings (SSSR count). The summed E-state index contributed by atoms with van der Waals surface area (Å²) >= 11 is 1.83. The Morgan fingerprint density at radius 2 is 0.964 bits per heavy atom. The van der Waals surface area contributed by atoms with Gasteiger partial charge in [-0.15, -0.1) is 11.3 Å².